The Labute approximate surface area is 81.9 Å². The number of hydrogen-bond donors (Lipinski definition) is 2. The molecule has 0 saturated carbocycles. The van der Waals surface area contributed by atoms with Gasteiger partial charge in [-0.25, -0.2) is 0 Å². The molecule has 1 aliphatic heterocycles. The minimum Gasteiger partial charge on any atom is -0.318 e. The number of nitrogens with zero attached hydrogens (tertiary/aromatic N) is 1. The maximum absolute atomic E-state index is 3.56. The molecule has 1 fully saturated rings. The fourth-order valence-electron chi connectivity index (χ4n) is 1.82. The maximum atomic E-state index is 3.56. The molecule has 1 unspecified atom stereocenters. The Morgan fingerprint density at radius 2 is 2.15 bits per heavy atom. The highest BCUT2D eigenvalue weighted by atomic mass is 15.2. The number of hydrogen-bond acceptors (Lipinski definition) is 3. The number of rotatable bonds is 5. The standard InChI is InChI=1S/C10H23N3/c1-9(2)13-7-4-10(8-13)12-6-5-11-3/h9-12H,4-8H2,1-3H3. The second kappa shape index (κ2) is 5.58. The van der Waals surface area contributed by atoms with Gasteiger partial charge in [0, 0.05) is 31.7 Å². The first-order valence-corrected chi connectivity index (χ1v) is 5.36. The van der Waals surface area contributed by atoms with Crippen LogP contribution >= 0.6 is 0 Å². The fraction of sp³-hybridized carbons (Fsp3) is 1.00. The highest BCUT2D eigenvalue weighted by Gasteiger charge is 2.22. The van der Waals surface area contributed by atoms with Crippen LogP contribution in [0.2, 0.25) is 0 Å². The van der Waals surface area contributed by atoms with Gasteiger partial charge in [-0.1, -0.05) is 0 Å². The third kappa shape index (κ3) is 3.63. The van der Waals surface area contributed by atoms with Crippen molar-refractivity contribution in [3.8, 4) is 0 Å². The van der Waals surface area contributed by atoms with Crippen LogP contribution in [0.3, 0.4) is 0 Å². The lowest BCUT2D eigenvalue weighted by atomic mass is 10.2. The topological polar surface area (TPSA) is 27.3 Å². The zero-order valence-corrected chi connectivity index (χ0v) is 9.14. The van der Waals surface area contributed by atoms with Crippen molar-refractivity contribution < 1.29 is 0 Å². The molecule has 1 heterocycles. The van der Waals surface area contributed by atoms with Gasteiger partial charge >= 0.3 is 0 Å². The first-order chi connectivity index (χ1) is 6.24. The van der Waals surface area contributed by atoms with Gasteiger partial charge in [-0.3, -0.25) is 4.90 Å². The summed E-state index contributed by atoms with van der Waals surface area (Å²) in [6.07, 6.45) is 1.31. The summed E-state index contributed by atoms with van der Waals surface area (Å²) in [6.45, 7) is 9.19. The third-order valence-corrected chi connectivity index (χ3v) is 2.76. The van der Waals surface area contributed by atoms with Gasteiger partial charge in [0.15, 0.2) is 0 Å². The van der Waals surface area contributed by atoms with E-state index in [2.05, 4.69) is 29.4 Å². The summed E-state index contributed by atoms with van der Waals surface area (Å²) in [5.74, 6) is 0. The van der Waals surface area contributed by atoms with Crippen LogP contribution < -0.4 is 10.6 Å². The van der Waals surface area contributed by atoms with Crippen LogP contribution in [-0.2, 0) is 0 Å². The SMILES string of the molecule is CNCCNC1CCN(C(C)C)C1. The molecule has 3 heteroatoms. The molecule has 0 aromatic carbocycles. The Bertz CT molecular complexity index is 136. The van der Waals surface area contributed by atoms with Gasteiger partial charge in [0.2, 0.25) is 0 Å². The lowest BCUT2D eigenvalue weighted by molar-refractivity contribution is 0.268. The van der Waals surface area contributed by atoms with Gasteiger partial charge in [-0.15, -0.1) is 0 Å². The highest BCUT2D eigenvalue weighted by Crippen LogP contribution is 2.11. The van der Waals surface area contributed by atoms with E-state index in [9.17, 15) is 0 Å². The van der Waals surface area contributed by atoms with Gasteiger partial charge in [-0.05, 0) is 33.9 Å². The number of likely N-dealkylation sites (N-methyl/N-ethyl adjacent to an activating group) is 1. The molecule has 0 spiro atoms. The Kier molecular flexibility index (Phi) is 4.70. The van der Waals surface area contributed by atoms with E-state index >= 15 is 0 Å². The van der Waals surface area contributed by atoms with Gasteiger partial charge < -0.3 is 10.6 Å². The normalized spacial score (nSPS) is 24.5. The van der Waals surface area contributed by atoms with Crippen LogP contribution in [0.25, 0.3) is 0 Å². The average Bonchev–Trinajstić information content (AvgIpc) is 2.53. The highest BCUT2D eigenvalue weighted by molar-refractivity contribution is 4.82. The summed E-state index contributed by atoms with van der Waals surface area (Å²) in [5.41, 5.74) is 0. The zero-order chi connectivity index (χ0) is 9.68. The zero-order valence-electron chi connectivity index (χ0n) is 9.14. The van der Waals surface area contributed by atoms with Crippen molar-refractivity contribution in [2.75, 3.05) is 33.2 Å². The quantitative estimate of drug-likeness (QED) is 0.602. The molecule has 0 radical (unpaired) electrons. The van der Waals surface area contributed by atoms with Crippen molar-refractivity contribution in [2.45, 2.75) is 32.4 Å². The second-order valence-corrected chi connectivity index (χ2v) is 4.13. The van der Waals surface area contributed by atoms with E-state index in [0.717, 1.165) is 19.1 Å². The van der Waals surface area contributed by atoms with E-state index in [4.69, 9.17) is 0 Å². The Morgan fingerprint density at radius 1 is 1.38 bits per heavy atom. The fourth-order valence-corrected chi connectivity index (χ4v) is 1.82. The molecule has 3 nitrogen and oxygen atoms in total. The molecule has 13 heavy (non-hydrogen) atoms. The molecule has 0 aromatic rings. The number of likely N-dealkylation sites (tertiary alicyclic amines) is 1. The predicted molar refractivity (Wildman–Crippen MR) is 57.0 cm³/mol. The molecule has 1 aliphatic rings. The van der Waals surface area contributed by atoms with Crippen LogP contribution in [-0.4, -0.2) is 50.2 Å². The Morgan fingerprint density at radius 3 is 2.69 bits per heavy atom. The summed E-state index contributed by atoms with van der Waals surface area (Å²) < 4.78 is 0. The molecule has 78 valence electrons. The molecular weight excluding hydrogens is 162 g/mol. The van der Waals surface area contributed by atoms with Crippen LogP contribution in [0.15, 0.2) is 0 Å². The van der Waals surface area contributed by atoms with Crippen LogP contribution in [0, 0.1) is 0 Å². The van der Waals surface area contributed by atoms with Crippen molar-refractivity contribution in [2.24, 2.45) is 0 Å². The van der Waals surface area contributed by atoms with E-state index < -0.39 is 0 Å². The van der Waals surface area contributed by atoms with Crippen molar-refractivity contribution in [1.29, 1.82) is 0 Å². The molecule has 0 aliphatic carbocycles. The summed E-state index contributed by atoms with van der Waals surface area (Å²) in [4.78, 5) is 2.54. The van der Waals surface area contributed by atoms with E-state index in [-0.39, 0.29) is 0 Å². The van der Waals surface area contributed by atoms with E-state index in [1.54, 1.807) is 0 Å². The van der Waals surface area contributed by atoms with Crippen molar-refractivity contribution >= 4 is 0 Å². The Balaban J connectivity index is 2.10. The molecule has 2 N–H and O–H groups in total. The molecule has 1 saturated heterocycles. The lowest BCUT2D eigenvalue weighted by Gasteiger charge is -2.20. The molecular formula is C10H23N3. The Hall–Kier alpha value is -0.120. The lowest BCUT2D eigenvalue weighted by Crippen LogP contribution is -2.37. The summed E-state index contributed by atoms with van der Waals surface area (Å²) >= 11 is 0. The van der Waals surface area contributed by atoms with Gasteiger partial charge in [-0.2, -0.15) is 0 Å². The first-order valence-electron chi connectivity index (χ1n) is 5.36. The molecule has 0 aromatic heterocycles. The second-order valence-electron chi connectivity index (χ2n) is 4.13. The van der Waals surface area contributed by atoms with Crippen molar-refractivity contribution in [1.82, 2.24) is 15.5 Å². The predicted octanol–water partition coefficient (Wildman–Crippen LogP) is 0.278. The number of nitrogens with one attached hydrogen (secondary N) is 2. The minimum atomic E-state index is 0.705. The van der Waals surface area contributed by atoms with E-state index in [1.165, 1.54) is 19.5 Å². The van der Waals surface area contributed by atoms with Crippen LogP contribution in [0.5, 0.6) is 0 Å². The first kappa shape index (κ1) is 11.0. The van der Waals surface area contributed by atoms with E-state index in [0.29, 0.717) is 6.04 Å². The molecule has 1 rings (SSSR count). The largest absolute Gasteiger partial charge is 0.318 e. The monoisotopic (exact) mass is 185 g/mol. The molecule has 0 bridgehead atoms. The van der Waals surface area contributed by atoms with Crippen LogP contribution in [0.1, 0.15) is 20.3 Å². The average molecular weight is 185 g/mol. The summed E-state index contributed by atoms with van der Waals surface area (Å²) in [6, 6.07) is 1.42. The maximum Gasteiger partial charge on any atom is 0.0207 e. The molecule has 1 atom stereocenters. The van der Waals surface area contributed by atoms with Gasteiger partial charge in [0.25, 0.3) is 0 Å². The van der Waals surface area contributed by atoms with Crippen LogP contribution in [0.4, 0.5) is 0 Å². The van der Waals surface area contributed by atoms with Gasteiger partial charge in [0.1, 0.15) is 0 Å². The third-order valence-electron chi connectivity index (χ3n) is 2.76. The van der Waals surface area contributed by atoms with Crippen molar-refractivity contribution in [3.05, 3.63) is 0 Å². The van der Waals surface area contributed by atoms with Gasteiger partial charge in [0.05, 0.1) is 0 Å². The smallest absolute Gasteiger partial charge is 0.0207 e. The van der Waals surface area contributed by atoms with Crippen molar-refractivity contribution in [3.63, 3.8) is 0 Å². The summed E-state index contributed by atoms with van der Waals surface area (Å²) in [7, 11) is 2.00. The summed E-state index contributed by atoms with van der Waals surface area (Å²) in [5, 5.41) is 6.71. The molecule has 0 amide bonds. The minimum absolute atomic E-state index is 0.705. The van der Waals surface area contributed by atoms with E-state index in [1.807, 2.05) is 7.05 Å².